The minimum absolute atomic E-state index is 0.0545. The number of amides is 1. The maximum Gasteiger partial charge on any atom is 0.407 e. The fourth-order valence-electron chi connectivity index (χ4n) is 1.59. The van der Waals surface area contributed by atoms with Crippen molar-refractivity contribution in [2.24, 2.45) is 0 Å². The zero-order valence-electron chi connectivity index (χ0n) is 12.8. The number of anilines is 1. The maximum atomic E-state index is 11.6. The van der Waals surface area contributed by atoms with Gasteiger partial charge < -0.3 is 20.5 Å². The van der Waals surface area contributed by atoms with Crippen LogP contribution in [0.25, 0.3) is 0 Å². The van der Waals surface area contributed by atoms with E-state index in [1.54, 1.807) is 18.2 Å². The van der Waals surface area contributed by atoms with Gasteiger partial charge in [-0.25, -0.2) is 4.79 Å². The van der Waals surface area contributed by atoms with Crippen LogP contribution in [0.2, 0.25) is 0 Å². The number of carbonyl (C=O) groups is 1. The predicted octanol–water partition coefficient (Wildman–Crippen LogP) is 3.08. The molecule has 1 amide bonds. The van der Waals surface area contributed by atoms with Gasteiger partial charge in [0, 0.05) is 17.8 Å². The van der Waals surface area contributed by atoms with Crippen molar-refractivity contribution in [3.05, 3.63) is 23.8 Å². The number of rotatable bonds is 4. The SMILES string of the molecule is CC(C)Oc1ccc(N)cc1CNC(=O)OC(C)(C)C. The Morgan fingerprint density at radius 1 is 1.35 bits per heavy atom. The average Bonchev–Trinajstić information content (AvgIpc) is 2.26. The van der Waals surface area contributed by atoms with E-state index < -0.39 is 11.7 Å². The summed E-state index contributed by atoms with van der Waals surface area (Å²) >= 11 is 0. The second-order valence-corrected chi connectivity index (χ2v) is 5.89. The first kappa shape index (κ1) is 16.1. The number of nitrogens with one attached hydrogen (secondary N) is 1. The molecular formula is C15H24N2O3. The third-order valence-corrected chi connectivity index (χ3v) is 2.27. The van der Waals surface area contributed by atoms with Gasteiger partial charge in [-0.05, 0) is 52.8 Å². The molecule has 0 unspecified atom stereocenters. The molecule has 0 bridgehead atoms. The molecule has 0 aromatic heterocycles. The quantitative estimate of drug-likeness (QED) is 0.831. The fourth-order valence-corrected chi connectivity index (χ4v) is 1.59. The number of alkyl carbamates (subject to hydrolysis) is 1. The lowest BCUT2D eigenvalue weighted by molar-refractivity contribution is 0.0523. The van der Waals surface area contributed by atoms with Gasteiger partial charge in [-0.3, -0.25) is 0 Å². The number of carbonyl (C=O) groups excluding carboxylic acids is 1. The monoisotopic (exact) mass is 280 g/mol. The Hall–Kier alpha value is -1.91. The number of benzene rings is 1. The van der Waals surface area contributed by atoms with Crippen LogP contribution < -0.4 is 15.8 Å². The zero-order chi connectivity index (χ0) is 15.3. The molecule has 1 rings (SSSR count). The minimum atomic E-state index is -0.517. The molecule has 0 radical (unpaired) electrons. The van der Waals surface area contributed by atoms with Gasteiger partial charge >= 0.3 is 6.09 Å². The number of hydrogen-bond donors (Lipinski definition) is 2. The normalized spacial score (nSPS) is 11.3. The molecule has 0 saturated carbocycles. The van der Waals surface area contributed by atoms with Crippen molar-refractivity contribution in [3.8, 4) is 5.75 Å². The highest BCUT2D eigenvalue weighted by Gasteiger charge is 2.16. The van der Waals surface area contributed by atoms with E-state index in [0.29, 0.717) is 18.0 Å². The van der Waals surface area contributed by atoms with E-state index in [-0.39, 0.29) is 6.10 Å². The summed E-state index contributed by atoms with van der Waals surface area (Å²) in [5, 5.41) is 2.70. The van der Waals surface area contributed by atoms with Crippen molar-refractivity contribution in [1.82, 2.24) is 5.32 Å². The molecule has 0 saturated heterocycles. The van der Waals surface area contributed by atoms with Gasteiger partial charge in [0.15, 0.2) is 0 Å². The molecule has 0 fully saturated rings. The molecule has 0 aliphatic rings. The van der Waals surface area contributed by atoms with E-state index in [1.807, 2.05) is 34.6 Å². The van der Waals surface area contributed by atoms with Crippen molar-refractivity contribution >= 4 is 11.8 Å². The number of nitrogens with two attached hydrogens (primary N) is 1. The summed E-state index contributed by atoms with van der Waals surface area (Å²) in [6.45, 7) is 9.66. The zero-order valence-corrected chi connectivity index (χ0v) is 12.8. The molecule has 5 heteroatoms. The van der Waals surface area contributed by atoms with Crippen molar-refractivity contribution in [1.29, 1.82) is 0 Å². The fraction of sp³-hybridized carbons (Fsp3) is 0.533. The standard InChI is InChI=1S/C15H24N2O3/c1-10(2)19-13-7-6-12(16)8-11(13)9-17-14(18)20-15(3,4)5/h6-8,10H,9,16H2,1-5H3,(H,17,18). The highest BCUT2D eigenvalue weighted by Crippen LogP contribution is 2.22. The molecule has 0 aliphatic carbocycles. The molecule has 0 atom stereocenters. The molecule has 0 aliphatic heterocycles. The lowest BCUT2D eigenvalue weighted by atomic mass is 10.1. The van der Waals surface area contributed by atoms with E-state index >= 15 is 0 Å². The minimum Gasteiger partial charge on any atom is -0.491 e. The van der Waals surface area contributed by atoms with E-state index in [0.717, 1.165) is 5.56 Å². The van der Waals surface area contributed by atoms with Crippen LogP contribution in [-0.4, -0.2) is 17.8 Å². The maximum absolute atomic E-state index is 11.6. The van der Waals surface area contributed by atoms with Crippen LogP contribution in [-0.2, 0) is 11.3 Å². The van der Waals surface area contributed by atoms with Gasteiger partial charge in [-0.2, -0.15) is 0 Å². The summed E-state index contributed by atoms with van der Waals surface area (Å²) in [7, 11) is 0. The number of ether oxygens (including phenoxy) is 2. The van der Waals surface area contributed by atoms with E-state index in [9.17, 15) is 4.79 Å². The first-order chi connectivity index (χ1) is 9.17. The molecular weight excluding hydrogens is 256 g/mol. The van der Waals surface area contributed by atoms with Crippen LogP contribution in [0.3, 0.4) is 0 Å². The number of hydrogen-bond acceptors (Lipinski definition) is 4. The summed E-state index contributed by atoms with van der Waals surface area (Å²) in [5.74, 6) is 0.713. The summed E-state index contributed by atoms with van der Waals surface area (Å²) in [4.78, 5) is 11.6. The Bertz CT molecular complexity index is 465. The van der Waals surface area contributed by atoms with Crippen LogP contribution in [0.4, 0.5) is 10.5 Å². The molecule has 0 spiro atoms. The lowest BCUT2D eigenvalue weighted by Gasteiger charge is -2.20. The van der Waals surface area contributed by atoms with Crippen LogP contribution in [0.1, 0.15) is 40.2 Å². The Morgan fingerprint density at radius 2 is 2.00 bits per heavy atom. The van der Waals surface area contributed by atoms with Gasteiger partial charge in [-0.1, -0.05) is 0 Å². The molecule has 20 heavy (non-hydrogen) atoms. The van der Waals surface area contributed by atoms with Crippen molar-refractivity contribution in [2.45, 2.75) is 52.9 Å². The Morgan fingerprint density at radius 3 is 2.55 bits per heavy atom. The third-order valence-electron chi connectivity index (χ3n) is 2.27. The summed E-state index contributed by atoms with van der Waals surface area (Å²) < 4.78 is 10.9. The van der Waals surface area contributed by atoms with Gasteiger partial charge in [0.2, 0.25) is 0 Å². The molecule has 1 aromatic rings. The molecule has 5 nitrogen and oxygen atoms in total. The highest BCUT2D eigenvalue weighted by atomic mass is 16.6. The highest BCUT2D eigenvalue weighted by molar-refractivity contribution is 5.68. The topological polar surface area (TPSA) is 73.6 Å². The van der Waals surface area contributed by atoms with Crippen LogP contribution in [0, 0.1) is 0 Å². The first-order valence-corrected chi connectivity index (χ1v) is 6.69. The lowest BCUT2D eigenvalue weighted by Crippen LogP contribution is -2.32. The van der Waals surface area contributed by atoms with Crippen LogP contribution in [0.15, 0.2) is 18.2 Å². The van der Waals surface area contributed by atoms with Crippen LogP contribution in [0.5, 0.6) is 5.75 Å². The number of nitrogen functional groups attached to an aromatic ring is 1. The second-order valence-electron chi connectivity index (χ2n) is 5.89. The van der Waals surface area contributed by atoms with Gasteiger partial charge in [0.05, 0.1) is 6.10 Å². The van der Waals surface area contributed by atoms with Crippen molar-refractivity contribution in [3.63, 3.8) is 0 Å². The Labute approximate surface area is 120 Å². The van der Waals surface area contributed by atoms with Crippen molar-refractivity contribution < 1.29 is 14.3 Å². The summed E-state index contributed by atoms with van der Waals surface area (Å²) in [6, 6.07) is 5.37. The third kappa shape index (κ3) is 5.82. The van der Waals surface area contributed by atoms with Gasteiger partial charge in [0.1, 0.15) is 11.4 Å². The van der Waals surface area contributed by atoms with Crippen molar-refractivity contribution in [2.75, 3.05) is 5.73 Å². The second kappa shape index (κ2) is 6.50. The molecule has 1 aromatic carbocycles. The van der Waals surface area contributed by atoms with E-state index in [4.69, 9.17) is 15.2 Å². The van der Waals surface area contributed by atoms with Gasteiger partial charge in [0.25, 0.3) is 0 Å². The largest absolute Gasteiger partial charge is 0.491 e. The Balaban J connectivity index is 2.71. The predicted molar refractivity (Wildman–Crippen MR) is 79.7 cm³/mol. The van der Waals surface area contributed by atoms with Crippen LogP contribution >= 0.6 is 0 Å². The van der Waals surface area contributed by atoms with E-state index in [1.165, 1.54) is 0 Å². The summed E-state index contributed by atoms with van der Waals surface area (Å²) in [5.41, 5.74) is 6.70. The summed E-state index contributed by atoms with van der Waals surface area (Å²) in [6.07, 6.45) is -0.408. The first-order valence-electron chi connectivity index (χ1n) is 6.69. The van der Waals surface area contributed by atoms with Gasteiger partial charge in [-0.15, -0.1) is 0 Å². The Kier molecular flexibility index (Phi) is 5.25. The van der Waals surface area contributed by atoms with E-state index in [2.05, 4.69) is 5.32 Å². The molecule has 0 heterocycles. The smallest absolute Gasteiger partial charge is 0.407 e. The molecule has 3 N–H and O–H groups in total. The molecule has 112 valence electrons. The average molecular weight is 280 g/mol.